The molecule has 0 aliphatic heterocycles. The van der Waals surface area contributed by atoms with Crippen molar-refractivity contribution in [2.24, 2.45) is 0 Å². The van der Waals surface area contributed by atoms with Gasteiger partial charge in [0.1, 0.15) is 10.9 Å². The predicted octanol–water partition coefficient (Wildman–Crippen LogP) is 2.69. The van der Waals surface area contributed by atoms with E-state index >= 15 is 0 Å². The highest BCUT2D eigenvalue weighted by molar-refractivity contribution is 6.29. The Morgan fingerprint density at radius 2 is 1.95 bits per heavy atom. The first-order valence-electron chi connectivity index (χ1n) is 5.77. The zero-order valence-electron chi connectivity index (χ0n) is 10.3. The van der Waals surface area contributed by atoms with Gasteiger partial charge in [-0.15, -0.1) is 0 Å². The van der Waals surface area contributed by atoms with Gasteiger partial charge in [-0.3, -0.25) is 0 Å². The quantitative estimate of drug-likeness (QED) is 0.749. The molecule has 2 N–H and O–H groups in total. The van der Waals surface area contributed by atoms with Gasteiger partial charge in [-0.2, -0.15) is 4.98 Å². The molecule has 2 aromatic heterocycles. The lowest BCUT2D eigenvalue weighted by Crippen LogP contribution is -1.97. The number of halogens is 1. The highest BCUT2D eigenvalue weighted by Crippen LogP contribution is 2.23. The normalized spacial score (nSPS) is 10.4. The molecule has 0 radical (unpaired) electrons. The molecule has 0 bridgehead atoms. The molecule has 6 nitrogen and oxygen atoms in total. The third kappa shape index (κ3) is 2.70. The monoisotopic (exact) mass is 287 g/mol. The topological polar surface area (TPSA) is 78.9 Å². The van der Waals surface area contributed by atoms with E-state index in [0.29, 0.717) is 11.6 Å². The van der Waals surface area contributed by atoms with Crippen molar-refractivity contribution in [3.8, 4) is 17.3 Å². The van der Waals surface area contributed by atoms with Crippen molar-refractivity contribution < 1.29 is 4.74 Å². The van der Waals surface area contributed by atoms with E-state index in [1.807, 2.05) is 35.0 Å². The van der Waals surface area contributed by atoms with Crippen molar-refractivity contribution in [2.45, 2.75) is 0 Å². The van der Waals surface area contributed by atoms with Gasteiger partial charge in [0.15, 0.2) is 0 Å². The summed E-state index contributed by atoms with van der Waals surface area (Å²) >= 11 is 5.79. The Bertz CT molecular complexity index is 692. The van der Waals surface area contributed by atoms with E-state index in [1.54, 1.807) is 12.5 Å². The Morgan fingerprint density at radius 3 is 2.60 bits per heavy atom. The molecule has 0 fully saturated rings. The zero-order chi connectivity index (χ0) is 13.9. The number of imidazole rings is 1. The molecule has 0 aliphatic rings. The molecule has 0 unspecified atom stereocenters. The van der Waals surface area contributed by atoms with Gasteiger partial charge in [0.25, 0.3) is 0 Å². The second-order valence-electron chi connectivity index (χ2n) is 3.95. The molecule has 0 aliphatic carbocycles. The fourth-order valence-corrected chi connectivity index (χ4v) is 1.86. The van der Waals surface area contributed by atoms with Crippen molar-refractivity contribution in [3.63, 3.8) is 0 Å². The van der Waals surface area contributed by atoms with Crippen molar-refractivity contribution in [3.05, 3.63) is 54.2 Å². The van der Waals surface area contributed by atoms with Gasteiger partial charge in [-0.05, 0) is 24.3 Å². The van der Waals surface area contributed by atoms with Crippen LogP contribution in [0.3, 0.4) is 0 Å². The summed E-state index contributed by atoms with van der Waals surface area (Å²) in [5.74, 6) is 1.00. The van der Waals surface area contributed by atoms with E-state index in [0.717, 1.165) is 5.69 Å². The van der Waals surface area contributed by atoms with Crippen LogP contribution in [0.25, 0.3) is 5.69 Å². The fraction of sp³-hybridized carbons (Fsp3) is 0. The van der Waals surface area contributed by atoms with Crippen LogP contribution in [-0.2, 0) is 0 Å². The second kappa shape index (κ2) is 5.18. The number of rotatable bonds is 3. The van der Waals surface area contributed by atoms with E-state index in [2.05, 4.69) is 15.0 Å². The van der Waals surface area contributed by atoms with Crippen LogP contribution in [0.1, 0.15) is 0 Å². The van der Waals surface area contributed by atoms with Crippen LogP contribution in [0.15, 0.2) is 49.1 Å². The lowest BCUT2D eigenvalue weighted by molar-refractivity contribution is 0.462. The summed E-state index contributed by atoms with van der Waals surface area (Å²) in [5, 5.41) is 0.238. The summed E-state index contributed by atoms with van der Waals surface area (Å²) in [6.45, 7) is 0. The summed E-state index contributed by atoms with van der Waals surface area (Å²) in [6.07, 6.45) is 5.30. The molecule has 3 aromatic rings. The summed E-state index contributed by atoms with van der Waals surface area (Å²) in [4.78, 5) is 11.7. The molecule has 0 atom stereocenters. The van der Waals surface area contributed by atoms with E-state index in [4.69, 9.17) is 22.1 Å². The Kier molecular flexibility index (Phi) is 3.22. The van der Waals surface area contributed by atoms with Gasteiger partial charge in [-0.25, -0.2) is 9.97 Å². The molecule has 0 amide bonds. The van der Waals surface area contributed by atoms with E-state index in [9.17, 15) is 0 Å². The van der Waals surface area contributed by atoms with Gasteiger partial charge in [0, 0.05) is 24.1 Å². The highest BCUT2D eigenvalue weighted by Gasteiger charge is 2.04. The first-order valence-corrected chi connectivity index (χ1v) is 6.15. The Morgan fingerprint density at radius 1 is 1.15 bits per heavy atom. The fourth-order valence-electron chi connectivity index (χ4n) is 1.68. The number of nitrogens with two attached hydrogens (primary N) is 1. The lowest BCUT2D eigenvalue weighted by atomic mass is 10.3. The minimum atomic E-state index is 0.0718. The molecule has 0 saturated carbocycles. The molecule has 20 heavy (non-hydrogen) atoms. The molecule has 2 heterocycles. The van der Waals surface area contributed by atoms with Crippen molar-refractivity contribution in [2.75, 3.05) is 5.73 Å². The third-order valence-electron chi connectivity index (χ3n) is 2.55. The molecule has 0 spiro atoms. The van der Waals surface area contributed by atoms with Crippen LogP contribution in [0.4, 0.5) is 5.95 Å². The number of aromatic nitrogens is 4. The van der Waals surface area contributed by atoms with Gasteiger partial charge < -0.3 is 15.0 Å². The average molecular weight is 288 g/mol. The molecule has 1 aromatic carbocycles. The van der Waals surface area contributed by atoms with Crippen LogP contribution < -0.4 is 10.5 Å². The molecule has 3 rings (SSSR count). The molecule has 100 valence electrons. The van der Waals surface area contributed by atoms with Gasteiger partial charge in [0.2, 0.25) is 11.8 Å². The standard InChI is InChI=1S/C13H10ClN5O/c14-11-7-12(18-13(15)17-11)20-10-3-1-9(2-4-10)19-6-5-16-8-19/h1-8H,(H2,15,17,18). The van der Waals surface area contributed by atoms with Crippen LogP contribution in [0.5, 0.6) is 11.6 Å². The Hall–Kier alpha value is -2.60. The molecule has 7 heteroatoms. The number of hydrogen-bond donors (Lipinski definition) is 1. The van der Waals surface area contributed by atoms with Crippen LogP contribution in [0.2, 0.25) is 5.15 Å². The first-order chi connectivity index (χ1) is 9.70. The smallest absolute Gasteiger partial charge is 0.225 e. The largest absolute Gasteiger partial charge is 0.439 e. The third-order valence-corrected chi connectivity index (χ3v) is 2.74. The number of benzene rings is 1. The van der Waals surface area contributed by atoms with Crippen LogP contribution >= 0.6 is 11.6 Å². The number of anilines is 1. The number of ether oxygens (including phenoxy) is 1. The minimum absolute atomic E-state index is 0.0718. The first kappa shape index (κ1) is 12.4. The van der Waals surface area contributed by atoms with Gasteiger partial charge in [0.05, 0.1) is 6.33 Å². The number of hydrogen-bond acceptors (Lipinski definition) is 5. The Labute approximate surface area is 119 Å². The maximum absolute atomic E-state index is 5.79. The highest BCUT2D eigenvalue weighted by atomic mass is 35.5. The molecule has 0 saturated heterocycles. The summed E-state index contributed by atoms with van der Waals surface area (Å²) in [5.41, 5.74) is 6.49. The minimum Gasteiger partial charge on any atom is -0.439 e. The van der Waals surface area contributed by atoms with Gasteiger partial charge >= 0.3 is 0 Å². The molecular weight excluding hydrogens is 278 g/mol. The summed E-state index contributed by atoms with van der Waals surface area (Å²) < 4.78 is 7.46. The van der Waals surface area contributed by atoms with Crippen molar-refractivity contribution >= 4 is 17.5 Å². The van der Waals surface area contributed by atoms with E-state index < -0.39 is 0 Å². The zero-order valence-corrected chi connectivity index (χ0v) is 11.0. The predicted molar refractivity (Wildman–Crippen MR) is 75.1 cm³/mol. The average Bonchev–Trinajstić information content (AvgIpc) is 2.92. The molecular formula is C13H10ClN5O. The summed E-state index contributed by atoms with van der Waals surface area (Å²) in [7, 11) is 0. The summed E-state index contributed by atoms with van der Waals surface area (Å²) in [6, 6.07) is 8.96. The maximum Gasteiger partial charge on any atom is 0.225 e. The van der Waals surface area contributed by atoms with E-state index in [-0.39, 0.29) is 11.1 Å². The maximum atomic E-state index is 5.79. The second-order valence-corrected chi connectivity index (χ2v) is 4.34. The lowest BCUT2D eigenvalue weighted by Gasteiger charge is -2.07. The van der Waals surface area contributed by atoms with Gasteiger partial charge in [-0.1, -0.05) is 11.6 Å². The van der Waals surface area contributed by atoms with Crippen LogP contribution in [-0.4, -0.2) is 19.5 Å². The Balaban J connectivity index is 1.81. The number of nitrogens with zero attached hydrogens (tertiary/aromatic N) is 4. The van der Waals surface area contributed by atoms with Crippen LogP contribution in [0, 0.1) is 0 Å². The van der Waals surface area contributed by atoms with Crippen molar-refractivity contribution in [1.82, 2.24) is 19.5 Å². The van der Waals surface area contributed by atoms with Crippen molar-refractivity contribution in [1.29, 1.82) is 0 Å². The number of nitrogen functional groups attached to an aromatic ring is 1. The van der Waals surface area contributed by atoms with E-state index in [1.165, 1.54) is 6.07 Å². The SMILES string of the molecule is Nc1nc(Cl)cc(Oc2ccc(-n3ccnc3)cc2)n1.